The molecular weight excluding hydrogens is 254 g/mol. The zero-order chi connectivity index (χ0) is 13.9. The van der Waals surface area contributed by atoms with Crippen molar-refractivity contribution in [2.45, 2.75) is 19.8 Å². The van der Waals surface area contributed by atoms with Gasteiger partial charge < -0.3 is 14.2 Å². The highest BCUT2D eigenvalue weighted by molar-refractivity contribution is 5.58. The summed E-state index contributed by atoms with van der Waals surface area (Å²) in [7, 11) is 1.65. The zero-order valence-corrected chi connectivity index (χ0v) is 11.9. The van der Waals surface area contributed by atoms with Gasteiger partial charge in [0, 0.05) is 18.7 Å². The second-order valence-corrected chi connectivity index (χ2v) is 5.33. The van der Waals surface area contributed by atoms with Crippen LogP contribution in [0.25, 0.3) is 11.4 Å². The smallest absolute Gasteiger partial charge is 0.324 e. The van der Waals surface area contributed by atoms with E-state index in [-0.39, 0.29) is 0 Å². The van der Waals surface area contributed by atoms with Crippen molar-refractivity contribution in [1.29, 1.82) is 0 Å². The summed E-state index contributed by atoms with van der Waals surface area (Å²) in [6.45, 7) is 4.23. The Morgan fingerprint density at radius 3 is 3.10 bits per heavy atom. The van der Waals surface area contributed by atoms with E-state index in [0.717, 1.165) is 24.4 Å². The largest absolute Gasteiger partial charge is 0.497 e. The van der Waals surface area contributed by atoms with Crippen molar-refractivity contribution in [2.24, 2.45) is 5.92 Å². The number of rotatable bonds is 3. The quantitative estimate of drug-likeness (QED) is 0.860. The summed E-state index contributed by atoms with van der Waals surface area (Å²) in [5.74, 6) is 2.08. The highest BCUT2D eigenvalue weighted by atomic mass is 16.5. The van der Waals surface area contributed by atoms with Crippen LogP contribution in [0.1, 0.15) is 19.8 Å². The number of aromatic nitrogens is 2. The molecule has 0 amide bonds. The summed E-state index contributed by atoms with van der Waals surface area (Å²) in [6.07, 6.45) is 2.45. The van der Waals surface area contributed by atoms with Crippen molar-refractivity contribution in [1.82, 2.24) is 10.1 Å². The molecule has 5 heteroatoms. The first kappa shape index (κ1) is 13.0. The Hall–Kier alpha value is -2.04. The molecule has 3 rings (SSSR count). The summed E-state index contributed by atoms with van der Waals surface area (Å²) in [5.41, 5.74) is 0.907. The molecule has 0 aliphatic carbocycles. The second kappa shape index (κ2) is 5.53. The van der Waals surface area contributed by atoms with E-state index in [1.807, 2.05) is 24.3 Å². The Bertz CT molecular complexity index is 582. The Morgan fingerprint density at radius 1 is 1.40 bits per heavy atom. The predicted molar refractivity (Wildman–Crippen MR) is 76.9 cm³/mol. The molecule has 1 fully saturated rings. The van der Waals surface area contributed by atoms with Crippen LogP contribution >= 0.6 is 0 Å². The van der Waals surface area contributed by atoms with Gasteiger partial charge in [-0.25, -0.2) is 0 Å². The van der Waals surface area contributed by atoms with Gasteiger partial charge in [0.1, 0.15) is 5.75 Å². The first-order chi connectivity index (χ1) is 9.76. The number of ether oxygens (including phenoxy) is 1. The van der Waals surface area contributed by atoms with Crippen molar-refractivity contribution < 1.29 is 9.26 Å². The van der Waals surface area contributed by atoms with Crippen LogP contribution in [-0.2, 0) is 0 Å². The number of benzene rings is 1. The van der Waals surface area contributed by atoms with E-state index in [0.29, 0.717) is 17.8 Å². The van der Waals surface area contributed by atoms with E-state index < -0.39 is 0 Å². The number of anilines is 1. The lowest BCUT2D eigenvalue weighted by Gasteiger charge is -2.28. The van der Waals surface area contributed by atoms with E-state index >= 15 is 0 Å². The molecule has 1 aliphatic heterocycles. The highest BCUT2D eigenvalue weighted by Crippen LogP contribution is 2.26. The van der Waals surface area contributed by atoms with E-state index in [9.17, 15) is 0 Å². The minimum Gasteiger partial charge on any atom is -0.497 e. The number of piperidine rings is 1. The van der Waals surface area contributed by atoms with E-state index in [1.165, 1.54) is 12.8 Å². The molecule has 1 saturated heterocycles. The first-order valence-electron chi connectivity index (χ1n) is 6.99. The molecular formula is C15H19N3O2. The van der Waals surface area contributed by atoms with Crippen LogP contribution in [0.2, 0.25) is 0 Å². The van der Waals surface area contributed by atoms with Crippen molar-refractivity contribution in [2.75, 3.05) is 25.1 Å². The summed E-state index contributed by atoms with van der Waals surface area (Å²) in [5, 5.41) is 4.08. The Morgan fingerprint density at radius 2 is 2.30 bits per heavy atom. The molecule has 0 radical (unpaired) electrons. The van der Waals surface area contributed by atoms with Crippen molar-refractivity contribution in [3.63, 3.8) is 0 Å². The molecule has 1 aromatic carbocycles. The maximum absolute atomic E-state index is 5.40. The van der Waals surface area contributed by atoms with Crippen LogP contribution in [0.4, 0.5) is 6.01 Å². The van der Waals surface area contributed by atoms with Gasteiger partial charge in [-0.05, 0) is 30.9 Å². The lowest BCUT2D eigenvalue weighted by Crippen LogP contribution is -2.34. The Labute approximate surface area is 118 Å². The van der Waals surface area contributed by atoms with Gasteiger partial charge in [-0.1, -0.05) is 24.2 Å². The molecule has 1 aromatic heterocycles. The van der Waals surface area contributed by atoms with Crippen molar-refractivity contribution in [3.8, 4) is 17.1 Å². The van der Waals surface area contributed by atoms with Crippen LogP contribution in [0.5, 0.6) is 5.75 Å². The number of hydrogen-bond donors (Lipinski definition) is 0. The van der Waals surface area contributed by atoms with Crippen LogP contribution in [-0.4, -0.2) is 30.3 Å². The third-order valence-electron chi connectivity index (χ3n) is 3.67. The standard InChI is InChI=1S/C15H19N3O2/c1-11-5-4-8-18(10-11)15-16-14(17-20-15)12-6-3-7-13(9-12)19-2/h3,6-7,9,11H,4-5,8,10H2,1-2H3. The molecule has 0 N–H and O–H groups in total. The molecule has 1 atom stereocenters. The lowest BCUT2D eigenvalue weighted by molar-refractivity contribution is 0.376. The maximum Gasteiger partial charge on any atom is 0.324 e. The summed E-state index contributed by atoms with van der Waals surface area (Å²) in [4.78, 5) is 6.68. The van der Waals surface area contributed by atoms with Crippen LogP contribution in [0, 0.1) is 5.92 Å². The molecule has 5 nitrogen and oxygen atoms in total. The third-order valence-corrected chi connectivity index (χ3v) is 3.67. The van der Waals surface area contributed by atoms with E-state index in [1.54, 1.807) is 7.11 Å². The molecule has 106 valence electrons. The number of nitrogens with zero attached hydrogens (tertiary/aromatic N) is 3. The molecule has 0 bridgehead atoms. The predicted octanol–water partition coefficient (Wildman–Crippen LogP) is 2.98. The van der Waals surface area contributed by atoms with Crippen LogP contribution < -0.4 is 9.64 Å². The van der Waals surface area contributed by atoms with Crippen LogP contribution in [0.15, 0.2) is 28.8 Å². The summed E-state index contributed by atoms with van der Waals surface area (Å²) >= 11 is 0. The van der Waals surface area contributed by atoms with Gasteiger partial charge in [-0.3, -0.25) is 0 Å². The van der Waals surface area contributed by atoms with Crippen molar-refractivity contribution in [3.05, 3.63) is 24.3 Å². The molecule has 2 aromatic rings. The second-order valence-electron chi connectivity index (χ2n) is 5.33. The fourth-order valence-corrected chi connectivity index (χ4v) is 2.59. The molecule has 20 heavy (non-hydrogen) atoms. The highest BCUT2D eigenvalue weighted by Gasteiger charge is 2.21. The summed E-state index contributed by atoms with van der Waals surface area (Å²) in [6, 6.07) is 8.31. The van der Waals surface area contributed by atoms with Gasteiger partial charge in [0.25, 0.3) is 0 Å². The molecule has 1 unspecified atom stereocenters. The topological polar surface area (TPSA) is 51.4 Å². The van der Waals surface area contributed by atoms with Crippen molar-refractivity contribution >= 4 is 6.01 Å². The number of methoxy groups -OCH3 is 1. The van der Waals surface area contributed by atoms with Gasteiger partial charge in [-0.15, -0.1) is 0 Å². The normalized spacial score (nSPS) is 19.1. The SMILES string of the molecule is COc1cccc(-c2noc(N3CCCC(C)C3)n2)c1. The summed E-state index contributed by atoms with van der Waals surface area (Å²) < 4.78 is 10.6. The maximum atomic E-state index is 5.40. The molecule has 0 saturated carbocycles. The van der Waals surface area contributed by atoms with Gasteiger partial charge in [0.15, 0.2) is 0 Å². The average Bonchev–Trinajstić information content (AvgIpc) is 2.97. The first-order valence-corrected chi connectivity index (χ1v) is 6.99. The monoisotopic (exact) mass is 273 g/mol. The minimum atomic E-state index is 0.608. The number of hydrogen-bond acceptors (Lipinski definition) is 5. The minimum absolute atomic E-state index is 0.608. The lowest BCUT2D eigenvalue weighted by atomic mass is 10.0. The molecule has 0 spiro atoms. The zero-order valence-electron chi connectivity index (χ0n) is 11.9. The van der Waals surface area contributed by atoms with Crippen LogP contribution in [0.3, 0.4) is 0 Å². The van der Waals surface area contributed by atoms with E-state index in [2.05, 4.69) is 22.0 Å². The fourth-order valence-electron chi connectivity index (χ4n) is 2.59. The van der Waals surface area contributed by atoms with Gasteiger partial charge in [0.2, 0.25) is 5.82 Å². The van der Waals surface area contributed by atoms with Gasteiger partial charge in [-0.2, -0.15) is 4.98 Å². The fraction of sp³-hybridized carbons (Fsp3) is 0.467. The Kier molecular flexibility index (Phi) is 3.58. The molecule has 1 aliphatic rings. The van der Waals surface area contributed by atoms with Gasteiger partial charge in [0.05, 0.1) is 7.11 Å². The third kappa shape index (κ3) is 2.61. The average molecular weight is 273 g/mol. The van der Waals surface area contributed by atoms with Gasteiger partial charge >= 0.3 is 6.01 Å². The van der Waals surface area contributed by atoms with E-state index in [4.69, 9.17) is 9.26 Å². The molecule has 2 heterocycles. The Balaban J connectivity index is 1.82.